The highest BCUT2D eigenvalue weighted by atomic mass is 16.5. The molecule has 1 fully saturated rings. The third-order valence-electron chi connectivity index (χ3n) is 5.25. The number of ether oxygens (including phenoxy) is 1. The maximum absolute atomic E-state index is 13.0. The second-order valence-electron chi connectivity index (χ2n) is 7.20. The summed E-state index contributed by atoms with van der Waals surface area (Å²) in [6, 6.07) is 11.4. The number of nitrogens with zero attached hydrogens (tertiary/aromatic N) is 4. The molecule has 29 heavy (non-hydrogen) atoms. The summed E-state index contributed by atoms with van der Waals surface area (Å²) in [5, 5.41) is 4.96. The summed E-state index contributed by atoms with van der Waals surface area (Å²) >= 11 is 0. The van der Waals surface area contributed by atoms with Crippen LogP contribution in [0.25, 0.3) is 22.3 Å². The van der Waals surface area contributed by atoms with Gasteiger partial charge in [-0.05, 0) is 32.8 Å². The minimum absolute atomic E-state index is 0.145. The molecule has 1 unspecified atom stereocenters. The Kier molecular flexibility index (Phi) is 5.29. The lowest BCUT2D eigenvalue weighted by atomic mass is 10.1. The van der Waals surface area contributed by atoms with Crippen LogP contribution in [0.4, 0.5) is 0 Å². The Balaban J connectivity index is 1.69. The van der Waals surface area contributed by atoms with E-state index in [0.717, 1.165) is 31.5 Å². The Bertz CT molecular complexity index is 1040. The average molecular weight is 392 g/mol. The van der Waals surface area contributed by atoms with Crippen LogP contribution in [0.2, 0.25) is 0 Å². The molecule has 7 nitrogen and oxygen atoms in total. The van der Waals surface area contributed by atoms with Gasteiger partial charge in [0.05, 0.1) is 22.8 Å². The molecule has 2 aromatic heterocycles. The van der Waals surface area contributed by atoms with Crippen LogP contribution in [0.5, 0.6) is 0 Å². The predicted molar refractivity (Wildman–Crippen MR) is 109 cm³/mol. The zero-order valence-corrected chi connectivity index (χ0v) is 16.7. The zero-order valence-electron chi connectivity index (χ0n) is 16.7. The van der Waals surface area contributed by atoms with Gasteiger partial charge in [0.2, 0.25) is 0 Å². The molecule has 1 aromatic carbocycles. The van der Waals surface area contributed by atoms with Crippen LogP contribution in [-0.4, -0.2) is 50.7 Å². The Morgan fingerprint density at radius 2 is 1.90 bits per heavy atom. The number of pyridine rings is 1. The largest absolute Gasteiger partial charge is 0.449 e. The van der Waals surface area contributed by atoms with E-state index in [4.69, 9.17) is 9.72 Å². The molecule has 150 valence electrons. The summed E-state index contributed by atoms with van der Waals surface area (Å²) in [5.41, 5.74) is 2.56. The van der Waals surface area contributed by atoms with E-state index in [1.807, 2.05) is 37.3 Å². The summed E-state index contributed by atoms with van der Waals surface area (Å²) in [4.78, 5) is 32.0. The SMILES string of the molecule is CCn1ncc2c(C(=O)OC(C)C(=O)N3CCCC3)cc(-c3ccccc3)nc21. The number of fused-ring (bicyclic) bond motifs is 1. The summed E-state index contributed by atoms with van der Waals surface area (Å²) in [7, 11) is 0. The van der Waals surface area contributed by atoms with Crippen LogP contribution < -0.4 is 0 Å². The van der Waals surface area contributed by atoms with Gasteiger partial charge in [0.15, 0.2) is 11.8 Å². The van der Waals surface area contributed by atoms with Crippen molar-refractivity contribution < 1.29 is 14.3 Å². The highest BCUT2D eigenvalue weighted by Gasteiger charge is 2.27. The molecule has 3 aromatic rings. The monoisotopic (exact) mass is 392 g/mol. The molecule has 0 radical (unpaired) electrons. The number of hydrogen-bond acceptors (Lipinski definition) is 5. The van der Waals surface area contributed by atoms with Gasteiger partial charge >= 0.3 is 5.97 Å². The smallest absolute Gasteiger partial charge is 0.339 e. The molecule has 1 saturated heterocycles. The first-order valence-electron chi connectivity index (χ1n) is 10.00. The van der Waals surface area contributed by atoms with Crippen molar-refractivity contribution in [1.82, 2.24) is 19.7 Å². The molecule has 0 aliphatic carbocycles. The number of amides is 1. The number of aromatic nitrogens is 3. The van der Waals surface area contributed by atoms with E-state index in [9.17, 15) is 9.59 Å². The van der Waals surface area contributed by atoms with Crippen molar-refractivity contribution in [3.05, 3.63) is 48.2 Å². The van der Waals surface area contributed by atoms with Crippen molar-refractivity contribution in [3.8, 4) is 11.3 Å². The van der Waals surface area contributed by atoms with Gasteiger partial charge in [0.1, 0.15) is 0 Å². The molecule has 0 N–H and O–H groups in total. The number of carbonyl (C=O) groups is 2. The molecule has 1 aliphatic rings. The highest BCUT2D eigenvalue weighted by molar-refractivity contribution is 6.04. The van der Waals surface area contributed by atoms with Gasteiger partial charge in [0, 0.05) is 25.2 Å². The maximum atomic E-state index is 13.0. The second-order valence-corrected chi connectivity index (χ2v) is 7.20. The summed E-state index contributed by atoms with van der Waals surface area (Å²) in [6.45, 7) is 5.68. The predicted octanol–water partition coefficient (Wildman–Crippen LogP) is 3.29. The normalized spacial score (nSPS) is 14.9. The Morgan fingerprint density at radius 3 is 2.59 bits per heavy atom. The van der Waals surface area contributed by atoms with E-state index < -0.39 is 12.1 Å². The van der Waals surface area contributed by atoms with Gasteiger partial charge in [-0.1, -0.05) is 30.3 Å². The molecule has 1 aliphatic heterocycles. The maximum Gasteiger partial charge on any atom is 0.339 e. The van der Waals surface area contributed by atoms with Crippen molar-refractivity contribution in [1.29, 1.82) is 0 Å². The van der Waals surface area contributed by atoms with Gasteiger partial charge in [-0.2, -0.15) is 5.10 Å². The summed E-state index contributed by atoms with van der Waals surface area (Å²) < 4.78 is 7.30. The second kappa shape index (κ2) is 8.03. The standard InChI is InChI=1S/C22H24N4O3/c1-3-26-20-18(14-23-26)17(13-19(24-20)16-9-5-4-6-10-16)22(28)29-15(2)21(27)25-11-7-8-12-25/h4-6,9-10,13-15H,3,7-8,11-12H2,1-2H3. The molecule has 7 heteroatoms. The lowest BCUT2D eigenvalue weighted by Crippen LogP contribution is -2.38. The Morgan fingerprint density at radius 1 is 1.17 bits per heavy atom. The fourth-order valence-corrected chi connectivity index (χ4v) is 3.67. The number of esters is 1. The molecule has 3 heterocycles. The third kappa shape index (κ3) is 3.72. The van der Waals surface area contributed by atoms with Gasteiger partial charge < -0.3 is 9.64 Å². The van der Waals surface area contributed by atoms with E-state index in [0.29, 0.717) is 28.8 Å². The van der Waals surface area contributed by atoms with Crippen LogP contribution in [0.15, 0.2) is 42.6 Å². The lowest BCUT2D eigenvalue weighted by Gasteiger charge is -2.20. The fourth-order valence-electron chi connectivity index (χ4n) is 3.67. The molecule has 1 atom stereocenters. The zero-order chi connectivity index (χ0) is 20.4. The van der Waals surface area contributed by atoms with Gasteiger partial charge in [-0.15, -0.1) is 0 Å². The highest BCUT2D eigenvalue weighted by Crippen LogP contribution is 2.26. The van der Waals surface area contributed by atoms with Gasteiger partial charge in [0.25, 0.3) is 5.91 Å². The Labute approximate surface area is 169 Å². The first-order chi connectivity index (χ1) is 14.1. The van der Waals surface area contributed by atoms with Crippen molar-refractivity contribution in [2.24, 2.45) is 0 Å². The average Bonchev–Trinajstić information content (AvgIpc) is 3.42. The lowest BCUT2D eigenvalue weighted by molar-refractivity contribution is -0.138. The van der Waals surface area contributed by atoms with Crippen LogP contribution in [0.1, 0.15) is 37.0 Å². The minimum Gasteiger partial charge on any atom is -0.449 e. The summed E-state index contributed by atoms with van der Waals surface area (Å²) in [5.74, 6) is -0.682. The van der Waals surface area contributed by atoms with Crippen LogP contribution in [-0.2, 0) is 16.1 Å². The molecule has 1 amide bonds. The van der Waals surface area contributed by atoms with E-state index in [2.05, 4.69) is 5.10 Å². The van der Waals surface area contributed by atoms with E-state index in [1.165, 1.54) is 0 Å². The topological polar surface area (TPSA) is 77.3 Å². The first-order valence-corrected chi connectivity index (χ1v) is 10.00. The first kappa shape index (κ1) is 19.1. The van der Waals surface area contributed by atoms with Crippen molar-refractivity contribution in [2.75, 3.05) is 13.1 Å². The van der Waals surface area contributed by atoms with E-state index in [-0.39, 0.29) is 5.91 Å². The van der Waals surface area contributed by atoms with Crippen LogP contribution in [0, 0.1) is 0 Å². The van der Waals surface area contributed by atoms with Gasteiger partial charge in [-0.25, -0.2) is 14.5 Å². The van der Waals surface area contributed by atoms with E-state index >= 15 is 0 Å². The number of hydrogen-bond donors (Lipinski definition) is 0. The number of likely N-dealkylation sites (tertiary alicyclic amines) is 1. The summed E-state index contributed by atoms with van der Waals surface area (Å²) in [6.07, 6.45) is 2.79. The molecular weight excluding hydrogens is 368 g/mol. The van der Waals surface area contributed by atoms with Crippen molar-refractivity contribution in [2.45, 2.75) is 39.3 Å². The fraction of sp³-hybridized carbons (Fsp3) is 0.364. The number of benzene rings is 1. The van der Waals surface area contributed by atoms with Crippen molar-refractivity contribution >= 4 is 22.9 Å². The third-order valence-corrected chi connectivity index (χ3v) is 5.25. The molecule has 0 saturated carbocycles. The molecule has 0 bridgehead atoms. The number of aryl methyl sites for hydroxylation is 1. The number of carbonyl (C=O) groups excluding carboxylic acids is 2. The molecular formula is C22H24N4O3. The van der Waals surface area contributed by atoms with Crippen molar-refractivity contribution in [3.63, 3.8) is 0 Å². The van der Waals surface area contributed by atoms with E-state index in [1.54, 1.807) is 28.8 Å². The molecule has 0 spiro atoms. The Hall–Kier alpha value is -3.22. The minimum atomic E-state index is -0.829. The van der Waals surface area contributed by atoms with Crippen LogP contribution >= 0.6 is 0 Å². The number of rotatable bonds is 5. The molecule has 4 rings (SSSR count). The quantitative estimate of drug-likeness (QED) is 0.623. The van der Waals surface area contributed by atoms with Crippen LogP contribution in [0.3, 0.4) is 0 Å². The van der Waals surface area contributed by atoms with Gasteiger partial charge in [-0.3, -0.25) is 4.79 Å².